The number of hydrogen-bond acceptors (Lipinski definition) is 5. The molecule has 2 unspecified atom stereocenters. The lowest BCUT2D eigenvalue weighted by atomic mass is 10.1. The highest BCUT2D eigenvalue weighted by Crippen LogP contribution is 2.35. The van der Waals surface area contributed by atoms with Crippen LogP contribution in [0.5, 0.6) is 0 Å². The molecule has 6 nitrogen and oxygen atoms in total. The minimum Gasteiger partial charge on any atom is -0.271 e. The smallest absolute Gasteiger partial charge is 0.263 e. The average Bonchev–Trinajstić information content (AvgIpc) is 3.12. The van der Waals surface area contributed by atoms with Gasteiger partial charge < -0.3 is 0 Å². The number of fused-ring (bicyclic) bond motifs is 1. The van der Waals surface area contributed by atoms with Crippen molar-refractivity contribution in [2.75, 3.05) is 9.91 Å². The minimum absolute atomic E-state index is 0.189. The molecule has 2 heterocycles. The number of carbonyl (C=O) groups is 2. The van der Waals surface area contributed by atoms with E-state index >= 15 is 0 Å². The Hall–Kier alpha value is -2.80. The standard InChI is InChI=1S/C17H12ClFN4O2/c1-9-5-6-11(8-13(9)19)22-16(24)14-15(17(22)25)23(21-20-14)12-4-2-3-10(18)7-12/h2-8,14-15H,1H3. The van der Waals surface area contributed by atoms with E-state index in [9.17, 15) is 14.0 Å². The first-order chi connectivity index (χ1) is 12.0. The zero-order valence-electron chi connectivity index (χ0n) is 13.1. The molecule has 25 heavy (non-hydrogen) atoms. The molecule has 2 amide bonds. The number of benzene rings is 2. The molecule has 2 aromatic rings. The van der Waals surface area contributed by atoms with E-state index in [2.05, 4.69) is 10.3 Å². The molecule has 4 rings (SSSR count). The SMILES string of the molecule is Cc1ccc(N2C(=O)C3N=NN(c4cccc(Cl)c4)C3C2=O)cc1F. The minimum atomic E-state index is -0.948. The van der Waals surface area contributed by atoms with Gasteiger partial charge in [0, 0.05) is 5.02 Å². The maximum atomic E-state index is 13.8. The number of anilines is 2. The molecular weight excluding hydrogens is 347 g/mol. The van der Waals surface area contributed by atoms with Crippen LogP contribution < -0.4 is 9.91 Å². The van der Waals surface area contributed by atoms with Crippen LogP contribution in [0.4, 0.5) is 15.8 Å². The van der Waals surface area contributed by atoms with Gasteiger partial charge in [0.2, 0.25) is 0 Å². The first-order valence-corrected chi connectivity index (χ1v) is 7.95. The number of halogens is 2. The first kappa shape index (κ1) is 15.7. The Labute approximate surface area is 147 Å². The van der Waals surface area contributed by atoms with Gasteiger partial charge in [0.25, 0.3) is 11.8 Å². The zero-order valence-corrected chi connectivity index (χ0v) is 13.8. The molecule has 0 radical (unpaired) electrons. The Morgan fingerprint density at radius 1 is 1.08 bits per heavy atom. The lowest BCUT2D eigenvalue weighted by Crippen LogP contribution is -2.39. The molecule has 8 heteroatoms. The Morgan fingerprint density at radius 3 is 2.60 bits per heavy atom. The lowest BCUT2D eigenvalue weighted by Gasteiger charge is -2.20. The monoisotopic (exact) mass is 358 g/mol. The predicted octanol–water partition coefficient (Wildman–Crippen LogP) is 3.29. The van der Waals surface area contributed by atoms with E-state index in [0.717, 1.165) is 4.90 Å². The normalized spacial score (nSPS) is 22.0. The van der Waals surface area contributed by atoms with E-state index in [1.165, 1.54) is 23.2 Å². The van der Waals surface area contributed by atoms with Gasteiger partial charge in [-0.1, -0.05) is 29.0 Å². The first-order valence-electron chi connectivity index (χ1n) is 7.57. The van der Waals surface area contributed by atoms with Crippen molar-refractivity contribution in [3.63, 3.8) is 0 Å². The molecule has 2 aliphatic rings. The fraction of sp³-hybridized carbons (Fsp3) is 0.176. The van der Waals surface area contributed by atoms with Crippen molar-refractivity contribution >= 4 is 34.8 Å². The van der Waals surface area contributed by atoms with E-state index in [4.69, 9.17) is 11.6 Å². The molecule has 2 aliphatic heterocycles. The van der Waals surface area contributed by atoms with Crippen molar-refractivity contribution in [3.05, 3.63) is 58.9 Å². The third kappa shape index (κ3) is 2.39. The van der Waals surface area contributed by atoms with Gasteiger partial charge >= 0.3 is 0 Å². The topological polar surface area (TPSA) is 65.3 Å². The highest BCUT2D eigenvalue weighted by atomic mass is 35.5. The largest absolute Gasteiger partial charge is 0.271 e. The molecule has 1 fully saturated rings. The highest BCUT2D eigenvalue weighted by molar-refractivity contribution is 6.31. The Kier molecular flexibility index (Phi) is 3.54. The van der Waals surface area contributed by atoms with Gasteiger partial charge in [0.05, 0.1) is 11.4 Å². The second-order valence-electron chi connectivity index (χ2n) is 5.86. The Balaban J connectivity index is 1.71. The molecule has 1 saturated heterocycles. The Morgan fingerprint density at radius 2 is 1.88 bits per heavy atom. The fourth-order valence-electron chi connectivity index (χ4n) is 2.97. The second kappa shape index (κ2) is 5.63. The van der Waals surface area contributed by atoms with Gasteiger partial charge in [-0.3, -0.25) is 9.59 Å². The van der Waals surface area contributed by atoms with E-state index in [0.29, 0.717) is 16.3 Å². The molecule has 0 N–H and O–H groups in total. The highest BCUT2D eigenvalue weighted by Gasteiger charge is 2.55. The fourth-order valence-corrected chi connectivity index (χ4v) is 3.15. The number of carbonyl (C=O) groups excluding carboxylic acids is 2. The molecule has 2 atom stereocenters. The molecular formula is C17H12ClFN4O2. The third-order valence-corrected chi connectivity index (χ3v) is 4.50. The van der Waals surface area contributed by atoms with Gasteiger partial charge in [-0.2, -0.15) is 5.11 Å². The summed E-state index contributed by atoms with van der Waals surface area (Å²) in [5.41, 5.74) is 1.18. The predicted molar refractivity (Wildman–Crippen MR) is 90.0 cm³/mol. The van der Waals surface area contributed by atoms with Crippen LogP contribution in [0.15, 0.2) is 52.8 Å². The molecule has 0 aromatic heterocycles. The second-order valence-corrected chi connectivity index (χ2v) is 6.30. The van der Waals surface area contributed by atoms with Crippen molar-refractivity contribution in [2.45, 2.75) is 19.0 Å². The van der Waals surface area contributed by atoms with Gasteiger partial charge in [-0.05, 0) is 42.8 Å². The maximum absolute atomic E-state index is 13.8. The number of amides is 2. The quantitative estimate of drug-likeness (QED) is 0.774. The van der Waals surface area contributed by atoms with Gasteiger partial charge in [-0.15, -0.1) is 0 Å². The van der Waals surface area contributed by atoms with Crippen LogP contribution >= 0.6 is 11.6 Å². The molecule has 2 aromatic carbocycles. The summed E-state index contributed by atoms with van der Waals surface area (Å²) in [7, 11) is 0. The summed E-state index contributed by atoms with van der Waals surface area (Å²) in [5.74, 6) is -1.50. The summed E-state index contributed by atoms with van der Waals surface area (Å²) < 4.78 is 13.8. The van der Waals surface area contributed by atoms with Crippen molar-refractivity contribution in [3.8, 4) is 0 Å². The van der Waals surface area contributed by atoms with Gasteiger partial charge in [-0.25, -0.2) is 14.3 Å². The summed E-state index contributed by atoms with van der Waals surface area (Å²) in [5, 5.41) is 9.74. The average molecular weight is 359 g/mol. The van der Waals surface area contributed by atoms with Crippen LogP contribution in [0.3, 0.4) is 0 Å². The summed E-state index contributed by atoms with van der Waals surface area (Å²) in [4.78, 5) is 26.4. The van der Waals surface area contributed by atoms with Crippen LogP contribution in [0, 0.1) is 12.7 Å². The van der Waals surface area contributed by atoms with Crippen molar-refractivity contribution in [1.82, 2.24) is 0 Å². The third-order valence-electron chi connectivity index (χ3n) is 4.27. The van der Waals surface area contributed by atoms with Crippen LogP contribution in [0.1, 0.15) is 5.56 Å². The van der Waals surface area contributed by atoms with Crippen molar-refractivity contribution in [2.24, 2.45) is 10.3 Å². The van der Waals surface area contributed by atoms with E-state index in [-0.39, 0.29) is 5.69 Å². The number of rotatable bonds is 2. The summed E-state index contributed by atoms with van der Waals surface area (Å²) in [6.07, 6.45) is 0. The Bertz CT molecular complexity index is 933. The summed E-state index contributed by atoms with van der Waals surface area (Å²) in [6.45, 7) is 1.61. The lowest BCUT2D eigenvalue weighted by molar-refractivity contribution is -0.121. The number of aryl methyl sites for hydroxylation is 1. The van der Waals surface area contributed by atoms with Crippen molar-refractivity contribution < 1.29 is 14.0 Å². The maximum Gasteiger partial charge on any atom is 0.263 e. The number of hydrogen-bond donors (Lipinski definition) is 0. The van der Waals surface area contributed by atoms with Crippen LogP contribution in [0.25, 0.3) is 0 Å². The van der Waals surface area contributed by atoms with E-state index < -0.39 is 29.7 Å². The van der Waals surface area contributed by atoms with E-state index in [1.807, 2.05) is 0 Å². The van der Waals surface area contributed by atoms with E-state index in [1.54, 1.807) is 31.2 Å². The van der Waals surface area contributed by atoms with Crippen molar-refractivity contribution in [1.29, 1.82) is 0 Å². The number of imide groups is 1. The molecule has 0 aliphatic carbocycles. The zero-order chi connectivity index (χ0) is 17.7. The van der Waals surface area contributed by atoms with Gasteiger partial charge in [0.1, 0.15) is 5.82 Å². The van der Waals surface area contributed by atoms with Crippen LogP contribution in [-0.2, 0) is 9.59 Å². The van der Waals surface area contributed by atoms with Crippen LogP contribution in [0.2, 0.25) is 5.02 Å². The summed E-state index contributed by atoms with van der Waals surface area (Å²) >= 11 is 5.99. The molecule has 0 spiro atoms. The number of nitrogens with zero attached hydrogens (tertiary/aromatic N) is 4. The molecule has 0 bridgehead atoms. The molecule has 126 valence electrons. The van der Waals surface area contributed by atoms with Gasteiger partial charge in [0.15, 0.2) is 12.1 Å². The molecule has 0 saturated carbocycles. The van der Waals surface area contributed by atoms with Crippen LogP contribution in [-0.4, -0.2) is 23.9 Å². The summed E-state index contributed by atoms with van der Waals surface area (Å²) in [6, 6.07) is 9.16.